The summed E-state index contributed by atoms with van der Waals surface area (Å²) in [5.41, 5.74) is 0.204. The zero-order valence-electron chi connectivity index (χ0n) is 19.0. The number of hydrogen-bond acceptors (Lipinski definition) is 7. The SMILES string of the molecule is CCN1CCN(c2ccc3nc(Cl)nc(NCCc4cc([N+](=O)[O-])cc(C(F)(F)F)c4)c3c2)CC1. The molecule has 2 aromatic carbocycles. The molecule has 8 nitrogen and oxygen atoms in total. The minimum atomic E-state index is -4.68. The fraction of sp³-hybridized carbons (Fsp3) is 0.391. The number of nitro groups is 1. The molecule has 1 N–H and O–H groups in total. The third kappa shape index (κ3) is 5.91. The van der Waals surface area contributed by atoms with Gasteiger partial charge in [0, 0.05) is 55.9 Å². The summed E-state index contributed by atoms with van der Waals surface area (Å²) in [6.07, 6.45) is -4.56. The van der Waals surface area contributed by atoms with Gasteiger partial charge in [-0.15, -0.1) is 0 Å². The Bertz CT molecular complexity index is 1230. The molecule has 0 amide bonds. The van der Waals surface area contributed by atoms with E-state index in [9.17, 15) is 23.3 Å². The molecule has 186 valence electrons. The Kier molecular flexibility index (Phi) is 7.27. The van der Waals surface area contributed by atoms with Gasteiger partial charge in [-0.2, -0.15) is 13.2 Å². The van der Waals surface area contributed by atoms with E-state index < -0.39 is 22.4 Å². The Balaban J connectivity index is 1.54. The Morgan fingerprint density at radius 3 is 2.51 bits per heavy atom. The monoisotopic (exact) mass is 508 g/mol. The van der Waals surface area contributed by atoms with Crippen molar-refractivity contribution in [2.45, 2.75) is 19.5 Å². The van der Waals surface area contributed by atoms with Crippen molar-refractivity contribution in [1.82, 2.24) is 14.9 Å². The van der Waals surface area contributed by atoms with Crippen LogP contribution < -0.4 is 10.2 Å². The Morgan fingerprint density at radius 1 is 1.11 bits per heavy atom. The van der Waals surface area contributed by atoms with Gasteiger partial charge in [0.05, 0.1) is 16.0 Å². The summed E-state index contributed by atoms with van der Waals surface area (Å²) in [6.45, 7) is 7.08. The number of alkyl halides is 3. The van der Waals surface area contributed by atoms with E-state index in [1.807, 2.05) is 18.2 Å². The van der Waals surface area contributed by atoms with Gasteiger partial charge in [0.25, 0.3) is 5.69 Å². The first-order chi connectivity index (χ1) is 16.6. The zero-order valence-corrected chi connectivity index (χ0v) is 19.7. The van der Waals surface area contributed by atoms with Crippen LogP contribution >= 0.6 is 11.6 Å². The lowest BCUT2D eigenvalue weighted by atomic mass is 10.1. The predicted molar refractivity (Wildman–Crippen MR) is 129 cm³/mol. The maximum atomic E-state index is 13.2. The number of hydrogen-bond donors (Lipinski definition) is 1. The van der Waals surface area contributed by atoms with Crippen LogP contribution in [0.25, 0.3) is 10.9 Å². The highest BCUT2D eigenvalue weighted by atomic mass is 35.5. The first-order valence-corrected chi connectivity index (χ1v) is 11.6. The summed E-state index contributed by atoms with van der Waals surface area (Å²) in [7, 11) is 0. The normalized spacial score (nSPS) is 14.9. The number of anilines is 2. The molecule has 1 aromatic heterocycles. The van der Waals surface area contributed by atoms with Crippen molar-refractivity contribution in [1.29, 1.82) is 0 Å². The second-order valence-electron chi connectivity index (χ2n) is 8.28. The smallest absolute Gasteiger partial charge is 0.369 e. The Labute approximate surface area is 204 Å². The average Bonchev–Trinajstić information content (AvgIpc) is 2.83. The number of fused-ring (bicyclic) bond motifs is 1. The second-order valence-corrected chi connectivity index (χ2v) is 8.62. The summed E-state index contributed by atoms with van der Waals surface area (Å²) in [4.78, 5) is 23.5. The van der Waals surface area contributed by atoms with Crippen molar-refractivity contribution < 1.29 is 18.1 Å². The molecule has 0 atom stereocenters. The second kappa shape index (κ2) is 10.2. The van der Waals surface area contributed by atoms with E-state index >= 15 is 0 Å². The van der Waals surface area contributed by atoms with E-state index in [2.05, 4.69) is 32.0 Å². The van der Waals surface area contributed by atoms with Crippen LogP contribution in [0.15, 0.2) is 36.4 Å². The Morgan fingerprint density at radius 2 is 1.86 bits per heavy atom. The first kappa shape index (κ1) is 24.9. The highest BCUT2D eigenvalue weighted by Gasteiger charge is 2.32. The lowest BCUT2D eigenvalue weighted by molar-refractivity contribution is -0.385. The van der Waals surface area contributed by atoms with Gasteiger partial charge >= 0.3 is 6.18 Å². The highest BCUT2D eigenvalue weighted by Crippen LogP contribution is 2.33. The fourth-order valence-electron chi connectivity index (χ4n) is 4.15. The van der Waals surface area contributed by atoms with Gasteiger partial charge in [-0.3, -0.25) is 10.1 Å². The third-order valence-corrected chi connectivity index (χ3v) is 6.23. The lowest BCUT2D eigenvalue weighted by Crippen LogP contribution is -2.46. The van der Waals surface area contributed by atoms with E-state index in [0.29, 0.717) is 17.4 Å². The number of nitrogens with zero attached hydrogens (tertiary/aromatic N) is 5. The number of non-ortho nitro benzene ring substituents is 1. The summed E-state index contributed by atoms with van der Waals surface area (Å²) in [6, 6.07) is 8.44. The fourth-order valence-corrected chi connectivity index (χ4v) is 4.33. The van der Waals surface area contributed by atoms with Gasteiger partial charge in [0.15, 0.2) is 0 Å². The quantitative estimate of drug-likeness (QED) is 0.273. The molecule has 0 saturated carbocycles. The summed E-state index contributed by atoms with van der Waals surface area (Å²) in [5, 5.41) is 15.0. The highest BCUT2D eigenvalue weighted by molar-refractivity contribution is 6.28. The van der Waals surface area contributed by atoms with Crippen LogP contribution in [0.2, 0.25) is 5.28 Å². The number of halogens is 4. The maximum absolute atomic E-state index is 13.2. The number of aromatic nitrogens is 2. The van der Waals surface area contributed by atoms with Gasteiger partial charge in [0.2, 0.25) is 5.28 Å². The number of piperazine rings is 1. The molecule has 4 rings (SSSR count). The van der Waals surface area contributed by atoms with E-state index in [1.165, 1.54) is 0 Å². The van der Waals surface area contributed by atoms with Crippen molar-refractivity contribution in [3.63, 3.8) is 0 Å². The predicted octanol–water partition coefficient (Wildman–Crippen LogP) is 5.01. The molecular weight excluding hydrogens is 485 g/mol. The van der Waals surface area contributed by atoms with Crippen molar-refractivity contribution in [2.24, 2.45) is 0 Å². The van der Waals surface area contributed by atoms with Gasteiger partial charge in [-0.05, 0) is 54.4 Å². The van der Waals surface area contributed by atoms with E-state index in [-0.39, 0.29) is 23.8 Å². The lowest BCUT2D eigenvalue weighted by Gasteiger charge is -2.35. The van der Waals surface area contributed by atoms with Crippen LogP contribution in [0.3, 0.4) is 0 Å². The number of nitrogens with one attached hydrogen (secondary N) is 1. The van der Waals surface area contributed by atoms with Gasteiger partial charge in [0.1, 0.15) is 5.82 Å². The molecular formula is C23H24ClF3N6O2. The molecule has 0 aliphatic carbocycles. The molecule has 1 aliphatic rings. The van der Waals surface area contributed by atoms with E-state index in [4.69, 9.17) is 11.6 Å². The standard InChI is InChI=1S/C23H24ClF3N6O2/c1-2-31-7-9-32(10-8-31)17-3-4-20-19(14-17)21(30-22(24)29-20)28-6-5-15-11-16(23(25,26)27)13-18(12-15)33(34)35/h3-4,11-14H,2,5-10H2,1H3,(H,28,29,30). The number of benzene rings is 2. The molecule has 1 fully saturated rings. The molecule has 35 heavy (non-hydrogen) atoms. The molecule has 0 radical (unpaired) electrons. The Hall–Kier alpha value is -3.18. The van der Waals surface area contributed by atoms with Gasteiger partial charge in [-0.25, -0.2) is 9.97 Å². The summed E-state index contributed by atoms with van der Waals surface area (Å²) in [5.74, 6) is 0.454. The molecule has 0 spiro atoms. The first-order valence-electron chi connectivity index (χ1n) is 11.2. The minimum Gasteiger partial charge on any atom is -0.369 e. The largest absolute Gasteiger partial charge is 0.416 e. The zero-order chi connectivity index (χ0) is 25.2. The van der Waals surface area contributed by atoms with Crippen molar-refractivity contribution in [3.05, 3.63) is 62.9 Å². The molecule has 0 bridgehead atoms. The summed E-state index contributed by atoms with van der Waals surface area (Å²) < 4.78 is 39.5. The molecule has 1 saturated heterocycles. The topological polar surface area (TPSA) is 87.4 Å². The van der Waals surface area contributed by atoms with Crippen molar-refractivity contribution in [3.8, 4) is 0 Å². The molecule has 2 heterocycles. The van der Waals surface area contributed by atoms with Crippen LogP contribution in [0.1, 0.15) is 18.1 Å². The maximum Gasteiger partial charge on any atom is 0.416 e. The number of likely N-dealkylation sites (N-methyl/N-ethyl adjacent to an activating group) is 1. The molecule has 1 aliphatic heterocycles. The average molecular weight is 509 g/mol. The van der Waals surface area contributed by atoms with Crippen molar-refractivity contribution in [2.75, 3.05) is 49.5 Å². The summed E-state index contributed by atoms with van der Waals surface area (Å²) >= 11 is 6.09. The van der Waals surface area contributed by atoms with Crippen LogP contribution in [-0.2, 0) is 12.6 Å². The molecule has 12 heteroatoms. The van der Waals surface area contributed by atoms with Gasteiger partial charge < -0.3 is 15.1 Å². The van der Waals surface area contributed by atoms with E-state index in [0.717, 1.165) is 55.9 Å². The van der Waals surface area contributed by atoms with Crippen LogP contribution in [0.4, 0.5) is 30.4 Å². The third-order valence-electron chi connectivity index (χ3n) is 6.06. The number of rotatable bonds is 7. The van der Waals surface area contributed by atoms with Crippen LogP contribution in [0, 0.1) is 10.1 Å². The van der Waals surface area contributed by atoms with E-state index in [1.54, 1.807) is 0 Å². The molecule has 0 unspecified atom stereocenters. The van der Waals surface area contributed by atoms with Gasteiger partial charge in [-0.1, -0.05) is 6.92 Å². The number of nitro benzene ring substituents is 1. The minimum absolute atomic E-state index is 0.0408. The molecule has 3 aromatic rings. The van der Waals surface area contributed by atoms with Crippen LogP contribution in [-0.4, -0.2) is 59.1 Å². The van der Waals surface area contributed by atoms with Crippen LogP contribution in [0.5, 0.6) is 0 Å². The van der Waals surface area contributed by atoms with Crippen molar-refractivity contribution >= 4 is 39.7 Å².